The number of carbonyl (C=O) groups is 4. The third-order valence-corrected chi connectivity index (χ3v) is 3.48. The van der Waals surface area contributed by atoms with Gasteiger partial charge in [0.2, 0.25) is 11.8 Å². The highest BCUT2D eigenvalue weighted by Crippen LogP contribution is 2.26. The number of hydrogen-bond acceptors (Lipinski definition) is 7. The molecule has 0 saturated heterocycles. The summed E-state index contributed by atoms with van der Waals surface area (Å²) in [5.41, 5.74) is -0.456. The minimum Gasteiger partial charge on any atom is -0.353 e. The second-order valence-corrected chi connectivity index (χ2v) is 5.22. The Balaban J connectivity index is 1.92. The van der Waals surface area contributed by atoms with Gasteiger partial charge in [-0.15, -0.1) is 0 Å². The molecule has 0 aromatic heterocycles. The van der Waals surface area contributed by atoms with E-state index in [1.165, 1.54) is 6.07 Å². The van der Waals surface area contributed by atoms with E-state index in [9.17, 15) is 29.3 Å². The fourth-order valence-corrected chi connectivity index (χ4v) is 2.27. The molecule has 1 aliphatic heterocycles. The van der Waals surface area contributed by atoms with Gasteiger partial charge >= 0.3 is 0 Å². The maximum Gasteiger partial charge on any atom is 0.270 e. The van der Waals surface area contributed by atoms with Crippen molar-refractivity contribution < 1.29 is 24.1 Å². The Morgan fingerprint density at radius 2 is 1.73 bits per heavy atom. The van der Waals surface area contributed by atoms with Crippen LogP contribution in [0.25, 0.3) is 0 Å². The van der Waals surface area contributed by atoms with Crippen LogP contribution >= 0.6 is 0 Å². The number of nitrogens with one attached hydrogen (secondary N) is 2. The number of amides is 4. The van der Waals surface area contributed by atoms with E-state index in [0.717, 1.165) is 12.1 Å². The summed E-state index contributed by atoms with van der Waals surface area (Å²) in [4.78, 5) is 58.1. The Bertz CT molecular complexity index is 843. The van der Waals surface area contributed by atoms with Gasteiger partial charge in [0, 0.05) is 25.2 Å². The number of rotatable bonds is 7. The number of nitrogens with zero attached hydrogens (tertiary/aromatic N) is 3. The van der Waals surface area contributed by atoms with E-state index in [1.54, 1.807) is 6.07 Å². The van der Waals surface area contributed by atoms with Gasteiger partial charge in [-0.05, 0) is 6.07 Å². The summed E-state index contributed by atoms with van der Waals surface area (Å²) in [6.07, 6.45) is -0.297. The van der Waals surface area contributed by atoms with Crippen LogP contribution in [0, 0.1) is 21.4 Å². The molecule has 11 nitrogen and oxygen atoms in total. The van der Waals surface area contributed by atoms with Crippen molar-refractivity contribution in [2.24, 2.45) is 0 Å². The van der Waals surface area contributed by atoms with Crippen molar-refractivity contribution in [3.05, 3.63) is 39.4 Å². The molecule has 0 saturated carbocycles. The summed E-state index contributed by atoms with van der Waals surface area (Å²) in [7, 11) is 0. The molecule has 0 unspecified atom stereocenters. The molecule has 1 aliphatic rings. The van der Waals surface area contributed by atoms with Crippen LogP contribution in [0.2, 0.25) is 0 Å². The van der Waals surface area contributed by atoms with Gasteiger partial charge < -0.3 is 10.6 Å². The molecule has 26 heavy (non-hydrogen) atoms. The number of non-ortho nitro benzene ring substituents is 1. The molecule has 0 aliphatic carbocycles. The normalized spacial score (nSPS) is 12.3. The highest BCUT2D eigenvalue weighted by atomic mass is 16.6. The standard InChI is InChI=1S/C15H13N5O6/c16-4-3-12(21)17-5-6-18-13(22)8-19-14(23)10-2-1-9(20(25)26)7-11(10)15(19)24/h1-2,7H,3,5-6,8H2,(H,17,21)(H,18,22). The topological polar surface area (TPSA) is 163 Å². The Kier molecular flexibility index (Phi) is 5.59. The smallest absolute Gasteiger partial charge is 0.270 e. The molecule has 1 aromatic carbocycles. The Morgan fingerprint density at radius 1 is 1.12 bits per heavy atom. The zero-order valence-corrected chi connectivity index (χ0v) is 13.4. The number of nitro groups is 1. The molecule has 0 fully saturated rings. The van der Waals surface area contributed by atoms with Gasteiger partial charge in [-0.25, -0.2) is 0 Å². The lowest BCUT2D eigenvalue weighted by Gasteiger charge is -2.13. The predicted octanol–water partition coefficient (Wildman–Crippen LogP) is -0.663. The predicted molar refractivity (Wildman–Crippen MR) is 84.7 cm³/mol. The molecular weight excluding hydrogens is 346 g/mol. The Hall–Kier alpha value is -3.81. The van der Waals surface area contributed by atoms with E-state index < -0.39 is 35.1 Å². The summed E-state index contributed by atoms with van der Waals surface area (Å²) < 4.78 is 0. The lowest BCUT2D eigenvalue weighted by Crippen LogP contribution is -2.42. The molecule has 2 rings (SSSR count). The SMILES string of the molecule is N#CCC(=O)NCCNC(=O)CN1C(=O)c2ccc([N+](=O)[O-])cc2C1=O. The van der Waals surface area contributed by atoms with Crippen LogP contribution in [-0.2, 0) is 9.59 Å². The fourth-order valence-electron chi connectivity index (χ4n) is 2.27. The number of nitro benzene ring substituents is 1. The first-order valence-electron chi connectivity index (χ1n) is 7.40. The van der Waals surface area contributed by atoms with Gasteiger partial charge in [0.15, 0.2) is 0 Å². The second-order valence-electron chi connectivity index (χ2n) is 5.22. The molecule has 0 bridgehead atoms. The van der Waals surface area contributed by atoms with Gasteiger partial charge in [-0.1, -0.05) is 0 Å². The number of benzene rings is 1. The van der Waals surface area contributed by atoms with E-state index in [4.69, 9.17) is 5.26 Å². The van der Waals surface area contributed by atoms with Crippen LogP contribution in [-0.4, -0.2) is 53.1 Å². The summed E-state index contributed by atoms with van der Waals surface area (Å²) >= 11 is 0. The van der Waals surface area contributed by atoms with Gasteiger partial charge in [0.25, 0.3) is 17.5 Å². The molecule has 0 atom stereocenters. The fraction of sp³-hybridized carbons (Fsp3) is 0.267. The second kappa shape index (κ2) is 7.84. The van der Waals surface area contributed by atoms with E-state index in [0.29, 0.717) is 4.90 Å². The van der Waals surface area contributed by atoms with Crippen LogP contribution in [0.5, 0.6) is 0 Å². The zero-order chi connectivity index (χ0) is 19.3. The molecular formula is C15H13N5O6. The van der Waals surface area contributed by atoms with Crippen molar-refractivity contribution in [3.63, 3.8) is 0 Å². The summed E-state index contributed by atoms with van der Waals surface area (Å²) in [6, 6.07) is 4.96. The van der Waals surface area contributed by atoms with Gasteiger partial charge in [-0.2, -0.15) is 5.26 Å². The van der Waals surface area contributed by atoms with Crippen LogP contribution in [0.1, 0.15) is 27.1 Å². The summed E-state index contributed by atoms with van der Waals surface area (Å²) in [5.74, 6) is -2.62. The van der Waals surface area contributed by atoms with Crippen molar-refractivity contribution in [2.75, 3.05) is 19.6 Å². The third-order valence-electron chi connectivity index (χ3n) is 3.48. The molecule has 1 aromatic rings. The third kappa shape index (κ3) is 3.99. The van der Waals surface area contributed by atoms with Gasteiger partial charge in [0.1, 0.15) is 13.0 Å². The zero-order valence-electron chi connectivity index (χ0n) is 13.4. The molecule has 134 valence electrons. The lowest BCUT2D eigenvalue weighted by molar-refractivity contribution is -0.384. The number of hydrogen-bond donors (Lipinski definition) is 2. The van der Waals surface area contributed by atoms with E-state index >= 15 is 0 Å². The Morgan fingerprint density at radius 3 is 2.35 bits per heavy atom. The minimum absolute atomic E-state index is 0.00262. The van der Waals surface area contributed by atoms with Crippen molar-refractivity contribution in [3.8, 4) is 6.07 Å². The van der Waals surface area contributed by atoms with E-state index in [2.05, 4.69) is 10.6 Å². The number of carbonyl (C=O) groups excluding carboxylic acids is 4. The molecule has 4 amide bonds. The van der Waals surface area contributed by atoms with Crippen molar-refractivity contribution in [2.45, 2.75) is 6.42 Å². The first kappa shape index (κ1) is 18.5. The quantitative estimate of drug-likeness (QED) is 0.282. The maximum atomic E-state index is 12.2. The largest absolute Gasteiger partial charge is 0.353 e. The van der Waals surface area contributed by atoms with Gasteiger partial charge in [0.05, 0.1) is 22.1 Å². The van der Waals surface area contributed by atoms with Crippen LogP contribution in [0.3, 0.4) is 0 Å². The summed E-state index contributed by atoms with van der Waals surface area (Å²) in [5, 5.41) is 23.9. The molecule has 1 heterocycles. The van der Waals surface area contributed by atoms with E-state index in [1.807, 2.05) is 0 Å². The van der Waals surface area contributed by atoms with Gasteiger partial charge in [-0.3, -0.25) is 34.2 Å². The van der Waals surface area contributed by atoms with Crippen LogP contribution < -0.4 is 10.6 Å². The monoisotopic (exact) mass is 359 g/mol. The Labute approximate surface area is 146 Å². The highest BCUT2D eigenvalue weighted by molar-refractivity contribution is 6.22. The first-order chi connectivity index (χ1) is 12.3. The highest BCUT2D eigenvalue weighted by Gasteiger charge is 2.37. The molecule has 0 spiro atoms. The molecule has 11 heteroatoms. The first-order valence-corrected chi connectivity index (χ1v) is 7.40. The van der Waals surface area contributed by atoms with Crippen LogP contribution in [0.15, 0.2) is 18.2 Å². The van der Waals surface area contributed by atoms with Crippen molar-refractivity contribution in [1.82, 2.24) is 15.5 Å². The number of fused-ring (bicyclic) bond motifs is 1. The molecule has 2 N–H and O–H groups in total. The van der Waals surface area contributed by atoms with Crippen molar-refractivity contribution >= 4 is 29.3 Å². The number of nitriles is 1. The average Bonchev–Trinajstić information content (AvgIpc) is 2.83. The van der Waals surface area contributed by atoms with Crippen molar-refractivity contribution in [1.29, 1.82) is 5.26 Å². The lowest BCUT2D eigenvalue weighted by atomic mass is 10.1. The maximum absolute atomic E-state index is 12.2. The average molecular weight is 359 g/mol. The van der Waals surface area contributed by atoms with E-state index in [-0.39, 0.29) is 36.3 Å². The summed E-state index contributed by atoms with van der Waals surface area (Å²) in [6.45, 7) is -0.419. The molecule has 0 radical (unpaired) electrons. The minimum atomic E-state index is -0.786. The number of imide groups is 1. The van der Waals surface area contributed by atoms with Crippen LogP contribution in [0.4, 0.5) is 5.69 Å².